The average molecular weight is 277 g/mol. The maximum atomic E-state index is 5.60. The van der Waals surface area contributed by atoms with E-state index in [1.807, 2.05) is 19.1 Å². The van der Waals surface area contributed by atoms with Gasteiger partial charge >= 0.3 is 0 Å². The minimum atomic E-state index is 0.614. The first kappa shape index (κ1) is 15.2. The highest BCUT2D eigenvalue weighted by atomic mass is 16.5. The van der Waals surface area contributed by atoms with E-state index in [1.54, 1.807) is 0 Å². The van der Waals surface area contributed by atoms with Gasteiger partial charge in [-0.15, -0.1) is 0 Å². The van der Waals surface area contributed by atoms with E-state index in [1.165, 1.54) is 37.8 Å². The van der Waals surface area contributed by atoms with Gasteiger partial charge in [-0.1, -0.05) is 19.3 Å². The van der Waals surface area contributed by atoms with Crippen LogP contribution >= 0.6 is 0 Å². The molecule has 0 spiro atoms. The molecule has 0 saturated heterocycles. The van der Waals surface area contributed by atoms with Crippen molar-refractivity contribution in [3.63, 3.8) is 0 Å². The molecular weight excluding hydrogens is 250 g/mol. The molecule has 1 aliphatic carbocycles. The van der Waals surface area contributed by atoms with Crippen molar-refractivity contribution in [3.05, 3.63) is 24.3 Å². The van der Waals surface area contributed by atoms with E-state index in [0.717, 1.165) is 24.8 Å². The van der Waals surface area contributed by atoms with Crippen molar-refractivity contribution in [2.75, 3.05) is 31.7 Å². The molecule has 0 aromatic heterocycles. The lowest BCUT2D eigenvalue weighted by atomic mass is 9.89. The predicted octanol–water partition coefficient (Wildman–Crippen LogP) is 4.09. The summed E-state index contributed by atoms with van der Waals surface area (Å²) in [5, 5.41) is 3.54. The lowest BCUT2D eigenvalue weighted by Crippen LogP contribution is -2.17. The second-order valence-corrected chi connectivity index (χ2v) is 5.45. The van der Waals surface area contributed by atoms with Gasteiger partial charge in [-0.25, -0.2) is 0 Å². The lowest BCUT2D eigenvalue weighted by molar-refractivity contribution is 0.110. The van der Waals surface area contributed by atoms with Crippen LogP contribution in [0.1, 0.15) is 39.0 Å². The van der Waals surface area contributed by atoms with E-state index in [4.69, 9.17) is 9.47 Å². The van der Waals surface area contributed by atoms with E-state index < -0.39 is 0 Å². The van der Waals surface area contributed by atoms with Crippen molar-refractivity contribution in [3.8, 4) is 5.75 Å². The normalized spacial score (nSPS) is 16.1. The summed E-state index contributed by atoms with van der Waals surface area (Å²) in [4.78, 5) is 0. The molecule has 1 aromatic rings. The Bertz CT molecular complexity index is 358. The van der Waals surface area contributed by atoms with Crippen LogP contribution in [0.3, 0.4) is 0 Å². The first-order valence-electron chi connectivity index (χ1n) is 7.93. The van der Waals surface area contributed by atoms with Crippen LogP contribution in [0, 0.1) is 5.92 Å². The molecule has 112 valence electrons. The van der Waals surface area contributed by atoms with Gasteiger partial charge in [0.05, 0.1) is 6.61 Å². The molecule has 0 heterocycles. The summed E-state index contributed by atoms with van der Waals surface area (Å²) in [6.45, 7) is 5.10. The SMILES string of the molecule is CCOCCOc1ccc(NCC2CCCCC2)cc1. The lowest BCUT2D eigenvalue weighted by Gasteiger charge is -2.22. The number of benzene rings is 1. The Morgan fingerprint density at radius 3 is 2.50 bits per heavy atom. The standard InChI is InChI=1S/C17H27NO2/c1-2-19-12-13-20-17-10-8-16(9-11-17)18-14-15-6-4-3-5-7-15/h8-11,15,18H,2-7,12-14H2,1H3. The summed E-state index contributed by atoms with van der Waals surface area (Å²) in [5.41, 5.74) is 1.19. The zero-order valence-electron chi connectivity index (χ0n) is 12.6. The Kier molecular flexibility index (Phi) is 6.72. The zero-order valence-corrected chi connectivity index (χ0v) is 12.6. The molecule has 3 nitrogen and oxygen atoms in total. The van der Waals surface area contributed by atoms with Crippen LogP contribution < -0.4 is 10.1 Å². The number of hydrogen-bond donors (Lipinski definition) is 1. The summed E-state index contributed by atoms with van der Waals surface area (Å²) in [6, 6.07) is 8.24. The van der Waals surface area contributed by atoms with Gasteiger partial charge < -0.3 is 14.8 Å². The third-order valence-electron chi connectivity index (χ3n) is 3.87. The highest BCUT2D eigenvalue weighted by Crippen LogP contribution is 2.24. The van der Waals surface area contributed by atoms with Crippen molar-refractivity contribution < 1.29 is 9.47 Å². The molecule has 0 aliphatic heterocycles. The molecular formula is C17H27NO2. The maximum Gasteiger partial charge on any atom is 0.119 e. The van der Waals surface area contributed by atoms with E-state index in [0.29, 0.717) is 13.2 Å². The number of rotatable bonds is 8. The molecule has 1 N–H and O–H groups in total. The molecule has 20 heavy (non-hydrogen) atoms. The molecule has 1 aromatic carbocycles. The Labute approximate surface area is 122 Å². The van der Waals surface area contributed by atoms with Gasteiger partial charge in [-0.05, 0) is 49.9 Å². The summed E-state index contributed by atoms with van der Waals surface area (Å²) in [6.07, 6.45) is 6.99. The van der Waals surface area contributed by atoms with Gasteiger partial charge in [-0.2, -0.15) is 0 Å². The summed E-state index contributed by atoms with van der Waals surface area (Å²) in [5.74, 6) is 1.76. The fraction of sp³-hybridized carbons (Fsp3) is 0.647. The van der Waals surface area contributed by atoms with Crippen molar-refractivity contribution in [2.24, 2.45) is 5.92 Å². The van der Waals surface area contributed by atoms with E-state index in [-0.39, 0.29) is 0 Å². The van der Waals surface area contributed by atoms with E-state index in [2.05, 4.69) is 17.4 Å². The first-order chi connectivity index (χ1) is 9.88. The van der Waals surface area contributed by atoms with Gasteiger partial charge in [0.2, 0.25) is 0 Å². The Morgan fingerprint density at radius 1 is 1.05 bits per heavy atom. The average Bonchev–Trinajstić information content (AvgIpc) is 2.52. The molecule has 2 rings (SSSR count). The fourth-order valence-corrected chi connectivity index (χ4v) is 2.69. The van der Waals surface area contributed by atoms with Crippen LogP contribution in [-0.2, 0) is 4.74 Å². The number of nitrogens with one attached hydrogen (secondary N) is 1. The van der Waals surface area contributed by atoms with Crippen LogP contribution in [0.15, 0.2) is 24.3 Å². The highest BCUT2D eigenvalue weighted by Gasteiger charge is 2.12. The molecule has 3 heteroatoms. The number of ether oxygens (including phenoxy) is 2. The van der Waals surface area contributed by atoms with Crippen molar-refractivity contribution in [2.45, 2.75) is 39.0 Å². The van der Waals surface area contributed by atoms with Gasteiger partial charge in [0.25, 0.3) is 0 Å². The molecule has 0 atom stereocenters. The van der Waals surface area contributed by atoms with Gasteiger partial charge in [0.1, 0.15) is 12.4 Å². The zero-order chi connectivity index (χ0) is 14.0. The van der Waals surface area contributed by atoms with Gasteiger partial charge in [0, 0.05) is 18.8 Å². The minimum absolute atomic E-state index is 0.614. The van der Waals surface area contributed by atoms with Crippen molar-refractivity contribution >= 4 is 5.69 Å². The van der Waals surface area contributed by atoms with Gasteiger partial charge in [0.15, 0.2) is 0 Å². The number of anilines is 1. The molecule has 0 amide bonds. The quantitative estimate of drug-likeness (QED) is 0.726. The van der Waals surface area contributed by atoms with Crippen molar-refractivity contribution in [1.29, 1.82) is 0 Å². The van der Waals surface area contributed by atoms with Crippen molar-refractivity contribution in [1.82, 2.24) is 0 Å². The summed E-state index contributed by atoms with van der Waals surface area (Å²) >= 11 is 0. The van der Waals surface area contributed by atoms with Crippen LogP contribution in [0.4, 0.5) is 5.69 Å². The summed E-state index contributed by atoms with van der Waals surface area (Å²) < 4.78 is 10.9. The second kappa shape index (κ2) is 8.85. The maximum absolute atomic E-state index is 5.60. The fourth-order valence-electron chi connectivity index (χ4n) is 2.69. The first-order valence-corrected chi connectivity index (χ1v) is 7.93. The molecule has 1 fully saturated rings. The van der Waals surface area contributed by atoms with Gasteiger partial charge in [-0.3, -0.25) is 0 Å². The molecule has 0 unspecified atom stereocenters. The topological polar surface area (TPSA) is 30.5 Å². The third kappa shape index (κ3) is 5.41. The van der Waals surface area contributed by atoms with Crippen LogP contribution in [0.2, 0.25) is 0 Å². The summed E-state index contributed by atoms with van der Waals surface area (Å²) in [7, 11) is 0. The Morgan fingerprint density at radius 2 is 1.80 bits per heavy atom. The Balaban J connectivity index is 1.68. The second-order valence-electron chi connectivity index (χ2n) is 5.45. The van der Waals surface area contributed by atoms with Crippen LogP contribution in [0.25, 0.3) is 0 Å². The number of hydrogen-bond acceptors (Lipinski definition) is 3. The predicted molar refractivity (Wildman–Crippen MR) is 83.5 cm³/mol. The third-order valence-corrected chi connectivity index (χ3v) is 3.87. The minimum Gasteiger partial charge on any atom is -0.491 e. The molecule has 1 saturated carbocycles. The van der Waals surface area contributed by atoms with E-state index in [9.17, 15) is 0 Å². The molecule has 1 aliphatic rings. The van der Waals surface area contributed by atoms with E-state index >= 15 is 0 Å². The Hall–Kier alpha value is -1.22. The van der Waals surface area contributed by atoms with Crippen LogP contribution in [-0.4, -0.2) is 26.4 Å². The smallest absolute Gasteiger partial charge is 0.119 e. The highest BCUT2D eigenvalue weighted by molar-refractivity contribution is 5.46. The largest absolute Gasteiger partial charge is 0.491 e. The molecule has 0 bridgehead atoms. The monoisotopic (exact) mass is 277 g/mol. The molecule has 0 radical (unpaired) electrons. The van der Waals surface area contributed by atoms with Crippen LogP contribution in [0.5, 0.6) is 5.75 Å².